The van der Waals surface area contributed by atoms with Crippen LogP contribution in [0.25, 0.3) is 0 Å². The molecule has 0 heterocycles. The van der Waals surface area contributed by atoms with Crippen LogP contribution in [0.15, 0.2) is 0 Å². The molecule has 1 saturated carbocycles. The first kappa shape index (κ1) is 11.6. The Bertz CT molecular complexity index is 230. The van der Waals surface area contributed by atoms with Crippen molar-refractivity contribution in [3.63, 3.8) is 0 Å². The van der Waals surface area contributed by atoms with Crippen LogP contribution in [0.2, 0.25) is 0 Å². The average molecular weight is 222 g/mol. The van der Waals surface area contributed by atoms with Gasteiger partial charge in [-0.1, -0.05) is 0 Å². The topological polar surface area (TPSA) is 9.23 Å². The van der Waals surface area contributed by atoms with Crippen molar-refractivity contribution in [1.29, 1.82) is 0 Å². The fourth-order valence-electron chi connectivity index (χ4n) is 1.33. The molecule has 0 aromatic heterocycles. The highest BCUT2D eigenvalue weighted by Gasteiger charge is 2.77. The van der Waals surface area contributed by atoms with Gasteiger partial charge in [0.2, 0.25) is 6.17 Å². The van der Waals surface area contributed by atoms with E-state index in [1.165, 1.54) is 6.92 Å². The van der Waals surface area contributed by atoms with Gasteiger partial charge < -0.3 is 4.74 Å². The molecule has 0 aromatic carbocycles. The first-order valence-corrected chi connectivity index (χ1v) is 3.90. The quantitative estimate of drug-likeness (QED) is 0.652. The molecule has 0 saturated heterocycles. The van der Waals surface area contributed by atoms with Crippen molar-refractivity contribution in [2.75, 3.05) is 6.61 Å². The zero-order valence-electron chi connectivity index (χ0n) is 7.17. The van der Waals surface area contributed by atoms with Crippen LogP contribution in [0.5, 0.6) is 0 Å². The number of ether oxygens (including phenoxy) is 1. The van der Waals surface area contributed by atoms with E-state index in [0.29, 0.717) is 0 Å². The van der Waals surface area contributed by atoms with Crippen LogP contribution in [-0.2, 0) is 4.74 Å². The summed E-state index contributed by atoms with van der Waals surface area (Å²) in [5.74, 6) is -13.3. The molecule has 1 aliphatic rings. The number of hydrogen-bond donors (Lipinski definition) is 0. The number of hydrogen-bond acceptors (Lipinski definition) is 1. The number of alkyl halides is 6. The van der Waals surface area contributed by atoms with E-state index in [0.717, 1.165) is 0 Å². The molecular weight excluding hydrogens is 214 g/mol. The monoisotopic (exact) mass is 222 g/mol. The fourth-order valence-corrected chi connectivity index (χ4v) is 1.33. The van der Waals surface area contributed by atoms with Crippen LogP contribution in [0.3, 0.4) is 0 Å². The lowest BCUT2D eigenvalue weighted by Gasteiger charge is -2.22. The average Bonchev–Trinajstić information content (AvgIpc) is 2.11. The summed E-state index contributed by atoms with van der Waals surface area (Å²) in [6, 6.07) is 0. The maximum Gasteiger partial charge on any atom is 0.346 e. The molecule has 0 spiro atoms. The van der Waals surface area contributed by atoms with Gasteiger partial charge in [0.25, 0.3) is 5.85 Å². The molecule has 0 aliphatic heterocycles. The Kier molecular flexibility index (Phi) is 2.50. The second-order valence-corrected chi connectivity index (χ2v) is 3.09. The van der Waals surface area contributed by atoms with E-state index in [1.54, 1.807) is 0 Å². The molecular formula is C7H8F6O. The minimum absolute atomic E-state index is 0.455. The predicted octanol–water partition coefficient (Wildman–Crippen LogP) is 2.70. The van der Waals surface area contributed by atoms with Crippen LogP contribution in [-0.4, -0.2) is 30.5 Å². The maximum atomic E-state index is 13.1. The van der Waals surface area contributed by atoms with E-state index < -0.39 is 36.9 Å². The van der Waals surface area contributed by atoms with Crippen LogP contribution < -0.4 is 0 Å². The molecule has 1 aliphatic carbocycles. The van der Waals surface area contributed by atoms with Crippen molar-refractivity contribution in [1.82, 2.24) is 0 Å². The normalized spacial score (nSPS) is 40.1. The van der Waals surface area contributed by atoms with Gasteiger partial charge in [-0.25, -0.2) is 8.78 Å². The highest BCUT2D eigenvalue weighted by Crippen LogP contribution is 2.55. The largest absolute Gasteiger partial charge is 0.346 e. The highest BCUT2D eigenvalue weighted by molar-refractivity contribution is 5.08. The summed E-state index contributed by atoms with van der Waals surface area (Å²) in [6.45, 7) is 0.742. The van der Waals surface area contributed by atoms with Crippen molar-refractivity contribution in [3.05, 3.63) is 0 Å². The zero-order chi connectivity index (χ0) is 11.2. The Balaban J connectivity index is 2.98. The Morgan fingerprint density at radius 2 is 1.71 bits per heavy atom. The van der Waals surface area contributed by atoms with E-state index in [2.05, 4.69) is 4.74 Å². The molecule has 1 rings (SSSR count). The molecule has 0 bridgehead atoms. The highest BCUT2D eigenvalue weighted by atomic mass is 19.3. The Labute approximate surface area is 76.0 Å². The van der Waals surface area contributed by atoms with Crippen LogP contribution in [0.4, 0.5) is 26.3 Å². The lowest BCUT2D eigenvalue weighted by molar-refractivity contribution is -0.222. The molecule has 0 amide bonds. The Morgan fingerprint density at radius 3 is 2.00 bits per heavy atom. The van der Waals surface area contributed by atoms with Gasteiger partial charge in [-0.2, -0.15) is 17.6 Å². The minimum atomic E-state index is -5.02. The lowest BCUT2D eigenvalue weighted by atomic mass is 10.2. The lowest BCUT2D eigenvalue weighted by Crippen LogP contribution is -2.44. The summed E-state index contributed by atoms with van der Waals surface area (Å²) in [6.07, 6.45) is -5.59. The van der Waals surface area contributed by atoms with E-state index in [-0.39, 0.29) is 0 Å². The number of rotatable bonds is 2. The van der Waals surface area contributed by atoms with E-state index >= 15 is 0 Å². The Morgan fingerprint density at radius 1 is 1.21 bits per heavy atom. The summed E-state index contributed by atoms with van der Waals surface area (Å²) in [4.78, 5) is 0. The summed E-state index contributed by atoms with van der Waals surface area (Å²) < 4.78 is 79.8. The fraction of sp³-hybridized carbons (Fsp3) is 1.00. The number of halogens is 6. The third kappa shape index (κ3) is 1.37. The van der Waals surface area contributed by atoms with Gasteiger partial charge in [0, 0.05) is 6.61 Å². The van der Waals surface area contributed by atoms with Gasteiger partial charge in [0.1, 0.15) is 0 Å². The van der Waals surface area contributed by atoms with Crippen LogP contribution >= 0.6 is 0 Å². The van der Waals surface area contributed by atoms with E-state index in [4.69, 9.17) is 0 Å². The second-order valence-electron chi connectivity index (χ2n) is 3.09. The Hall–Kier alpha value is -0.460. The summed E-state index contributed by atoms with van der Waals surface area (Å²) in [5.41, 5.74) is 0. The molecule has 0 radical (unpaired) electrons. The van der Waals surface area contributed by atoms with Gasteiger partial charge in [-0.15, -0.1) is 0 Å². The SMILES string of the molecule is CCOC1(F)CC(F)(F)C(F)(F)C1F. The molecule has 2 atom stereocenters. The summed E-state index contributed by atoms with van der Waals surface area (Å²) in [7, 11) is 0. The van der Waals surface area contributed by atoms with E-state index in [9.17, 15) is 26.3 Å². The van der Waals surface area contributed by atoms with Crippen molar-refractivity contribution in [2.45, 2.75) is 37.2 Å². The molecule has 1 fully saturated rings. The molecule has 0 aromatic rings. The third-order valence-corrected chi connectivity index (χ3v) is 2.03. The first-order valence-electron chi connectivity index (χ1n) is 3.90. The molecule has 7 heteroatoms. The van der Waals surface area contributed by atoms with Crippen LogP contribution in [0.1, 0.15) is 13.3 Å². The van der Waals surface area contributed by atoms with Crippen molar-refractivity contribution in [2.24, 2.45) is 0 Å². The standard InChI is InChI=1S/C7H8F6O/c1-2-14-5(9)3-6(10,11)7(12,13)4(5)8/h4H,2-3H2,1H3. The zero-order valence-corrected chi connectivity index (χ0v) is 7.17. The van der Waals surface area contributed by atoms with Crippen molar-refractivity contribution < 1.29 is 31.1 Å². The van der Waals surface area contributed by atoms with Gasteiger partial charge in [-0.3, -0.25) is 0 Å². The van der Waals surface area contributed by atoms with Gasteiger partial charge in [-0.05, 0) is 6.92 Å². The first-order chi connectivity index (χ1) is 6.17. The van der Waals surface area contributed by atoms with Crippen molar-refractivity contribution in [3.8, 4) is 0 Å². The van der Waals surface area contributed by atoms with Gasteiger partial charge in [0.15, 0.2) is 0 Å². The van der Waals surface area contributed by atoms with Crippen LogP contribution in [0, 0.1) is 0 Å². The molecule has 0 N–H and O–H groups in total. The smallest absolute Gasteiger partial charge is 0.343 e. The molecule has 2 unspecified atom stereocenters. The van der Waals surface area contributed by atoms with E-state index in [1.807, 2.05) is 0 Å². The van der Waals surface area contributed by atoms with Gasteiger partial charge in [0.05, 0.1) is 6.42 Å². The van der Waals surface area contributed by atoms with Crippen molar-refractivity contribution >= 4 is 0 Å². The summed E-state index contributed by atoms with van der Waals surface area (Å²) in [5, 5.41) is 0. The minimum Gasteiger partial charge on any atom is -0.343 e. The molecule has 1 nitrogen and oxygen atoms in total. The predicted molar refractivity (Wildman–Crippen MR) is 34.9 cm³/mol. The third-order valence-electron chi connectivity index (χ3n) is 2.03. The molecule has 14 heavy (non-hydrogen) atoms. The maximum absolute atomic E-state index is 13.1. The summed E-state index contributed by atoms with van der Waals surface area (Å²) >= 11 is 0. The van der Waals surface area contributed by atoms with Gasteiger partial charge >= 0.3 is 11.8 Å². The molecule has 84 valence electrons. The second kappa shape index (κ2) is 3.01.